The average Bonchev–Trinajstić information content (AvgIpc) is 3.16. The molecule has 1 amide bonds. The van der Waals surface area contributed by atoms with Crippen LogP contribution in [0.2, 0.25) is 0 Å². The molecule has 2 aromatic rings. The van der Waals surface area contributed by atoms with Crippen LogP contribution in [0.1, 0.15) is 44.1 Å². The molecule has 5 heteroatoms. The van der Waals surface area contributed by atoms with E-state index in [1.165, 1.54) is 0 Å². The third kappa shape index (κ3) is 2.28. The zero-order chi connectivity index (χ0) is 14.3. The molecular formula is C15H20N4O. The molecule has 0 unspecified atom stereocenters. The van der Waals surface area contributed by atoms with E-state index in [4.69, 9.17) is 0 Å². The van der Waals surface area contributed by atoms with Gasteiger partial charge in [-0.3, -0.25) is 9.20 Å². The second-order valence-electron chi connectivity index (χ2n) is 5.88. The SMILES string of the molecule is CC(C)[C@H](C)N(C(=O)c1cn2cccnc2n1)C1CC1. The Kier molecular flexibility index (Phi) is 3.20. The maximum atomic E-state index is 12.8. The summed E-state index contributed by atoms with van der Waals surface area (Å²) in [5.74, 6) is 1.04. The third-order valence-corrected chi connectivity index (χ3v) is 4.03. The number of rotatable bonds is 4. The number of amides is 1. The number of aromatic nitrogens is 3. The molecule has 0 aliphatic heterocycles. The van der Waals surface area contributed by atoms with Crippen LogP contribution < -0.4 is 0 Å². The third-order valence-electron chi connectivity index (χ3n) is 4.03. The Labute approximate surface area is 118 Å². The summed E-state index contributed by atoms with van der Waals surface area (Å²) < 4.78 is 1.79. The highest BCUT2D eigenvalue weighted by atomic mass is 16.2. The molecule has 0 saturated heterocycles. The molecular weight excluding hydrogens is 252 g/mol. The molecule has 20 heavy (non-hydrogen) atoms. The van der Waals surface area contributed by atoms with Crippen LogP contribution in [-0.2, 0) is 0 Å². The molecule has 3 rings (SSSR count). The summed E-state index contributed by atoms with van der Waals surface area (Å²) in [5, 5.41) is 0. The summed E-state index contributed by atoms with van der Waals surface area (Å²) in [5.41, 5.74) is 0.489. The Morgan fingerprint density at radius 2 is 2.15 bits per heavy atom. The fraction of sp³-hybridized carbons (Fsp3) is 0.533. The molecule has 5 nitrogen and oxygen atoms in total. The Balaban J connectivity index is 1.92. The van der Waals surface area contributed by atoms with Crippen molar-refractivity contribution in [3.8, 4) is 0 Å². The van der Waals surface area contributed by atoms with Gasteiger partial charge >= 0.3 is 0 Å². The van der Waals surface area contributed by atoms with Gasteiger partial charge in [-0.15, -0.1) is 0 Å². The highest BCUT2D eigenvalue weighted by Crippen LogP contribution is 2.31. The van der Waals surface area contributed by atoms with Crippen LogP contribution in [-0.4, -0.2) is 37.3 Å². The van der Waals surface area contributed by atoms with Gasteiger partial charge in [-0.25, -0.2) is 9.97 Å². The number of imidazole rings is 1. The topological polar surface area (TPSA) is 50.5 Å². The molecule has 0 N–H and O–H groups in total. The Morgan fingerprint density at radius 3 is 2.75 bits per heavy atom. The van der Waals surface area contributed by atoms with Crippen molar-refractivity contribution in [1.82, 2.24) is 19.3 Å². The zero-order valence-electron chi connectivity index (χ0n) is 12.2. The van der Waals surface area contributed by atoms with Crippen molar-refractivity contribution in [2.24, 2.45) is 5.92 Å². The summed E-state index contributed by atoms with van der Waals surface area (Å²) in [6, 6.07) is 2.45. The van der Waals surface area contributed by atoms with Crippen molar-refractivity contribution < 1.29 is 4.79 Å². The van der Waals surface area contributed by atoms with E-state index in [1.807, 2.05) is 17.2 Å². The van der Waals surface area contributed by atoms with Crippen molar-refractivity contribution in [2.75, 3.05) is 0 Å². The molecule has 1 atom stereocenters. The lowest BCUT2D eigenvalue weighted by molar-refractivity contribution is 0.0622. The van der Waals surface area contributed by atoms with Gasteiger partial charge in [0.15, 0.2) is 0 Å². The molecule has 0 bridgehead atoms. The number of hydrogen-bond acceptors (Lipinski definition) is 3. The molecule has 106 valence electrons. The predicted molar refractivity (Wildman–Crippen MR) is 76.5 cm³/mol. The Morgan fingerprint density at radius 1 is 1.40 bits per heavy atom. The monoisotopic (exact) mass is 272 g/mol. The predicted octanol–water partition coefficient (Wildman–Crippen LogP) is 2.38. The first-order valence-corrected chi connectivity index (χ1v) is 7.20. The van der Waals surface area contributed by atoms with Crippen LogP contribution >= 0.6 is 0 Å². The maximum absolute atomic E-state index is 12.8. The number of nitrogens with zero attached hydrogens (tertiary/aromatic N) is 4. The van der Waals surface area contributed by atoms with E-state index in [-0.39, 0.29) is 11.9 Å². The normalized spacial score (nSPS) is 16.6. The number of hydrogen-bond donors (Lipinski definition) is 0. The second-order valence-corrected chi connectivity index (χ2v) is 5.88. The zero-order valence-corrected chi connectivity index (χ0v) is 12.2. The lowest BCUT2D eigenvalue weighted by Gasteiger charge is -2.31. The van der Waals surface area contributed by atoms with Crippen LogP contribution in [0.3, 0.4) is 0 Å². The van der Waals surface area contributed by atoms with Gasteiger partial charge < -0.3 is 4.90 Å². The molecule has 1 fully saturated rings. The van der Waals surface area contributed by atoms with Gasteiger partial charge in [0.05, 0.1) is 0 Å². The van der Waals surface area contributed by atoms with Crippen LogP contribution in [0.15, 0.2) is 24.7 Å². The van der Waals surface area contributed by atoms with Gasteiger partial charge in [0.2, 0.25) is 5.78 Å². The first kappa shape index (κ1) is 13.1. The largest absolute Gasteiger partial charge is 0.331 e. The molecule has 2 aromatic heterocycles. The van der Waals surface area contributed by atoms with E-state index in [9.17, 15) is 4.79 Å². The van der Waals surface area contributed by atoms with E-state index in [2.05, 4.69) is 30.7 Å². The van der Waals surface area contributed by atoms with E-state index in [0.29, 0.717) is 23.4 Å². The molecule has 1 aliphatic carbocycles. The summed E-state index contributed by atoms with van der Waals surface area (Å²) in [6.45, 7) is 6.42. The first-order chi connectivity index (χ1) is 9.58. The van der Waals surface area contributed by atoms with Gasteiger partial charge in [-0.05, 0) is 31.7 Å². The minimum atomic E-state index is 0.0270. The van der Waals surface area contributed by atoms with Gasteiger partial charge in [0.25, 0.3) is 5.91 Å². The Hall–Kier alpha value is -1.91. The van der Waals surface area contributed by atoms with Crippen LogP contribution in [0, 0.1) is 5.92 Å². The van der Waals surface area contributed by atoms with Gasteiger partial charge in [-0.1, -0.05) is 13.8 Å². The quantitative estimate of drug-likeness (QED) is 0.858. The van der Waals surface area contributed by atoms with Crippen molar-refractivity contribution in [2.45, 2.75) is 45.7 Å². The first-order valence-electron chi connectivity index (χ1n) is 7.20. The average molecular weight is 272 g/mol. The van der Waals surface area contributed by atoms with Crippen molar-refractivity contribution in [3.05, 3.63) is 30.4 Å². The summed E-state index contributed by atoms with van der Waals surface area (Å²) in [4.78, 5) is 23.3. The summed E-state index contributed by atoms with van der Waals surface area (Å²) in [7, 11) is 0. The van der Waals surface area contributed by atoms with E-state index < -0.39 is 0 Å². The van der Waals surface area contributed by atoms with Gasteiger partial charge in [0.1, 0.15) is 5.69 Å². The summed E-state index contributed by atoms with van der Waals surface area (Å²) >= 11 is 0. The molecule has 0 aromatic carbocycles. The lowest BCUT2D eigenvalue weighted by Crippen LogP contribution is -2.43. The number of carbonyl (C=O) groups is 1. The van der Waals surface area contributed by atoms with Gasteiger partial charge in [0, 0.05) is 30.7 Å². The molecule has 1 saturated carbocycles. The lowest BCUT2D eigenvalue weighted by atomic mass is 10.0. The Bertz CT molecular complexity index is 597. The second kappa shape index (κ2) is 4.89. The minimum absolute atomic E-state index is 0.0270. The fourth-order valence-corrected chi connectivity index (χ4v) is 2.42. The van der Waals surface area contributed by atoms with E-state index in [0.717, 1.165) is 12.8 Å². The molecule has 1 aliphatic rings. The van der Waals surface area contributed by atoms with E-state index >= 15 is 0 Å². The maximum Gasteiger partial charge on any atom is 0.274 e. The van der Waals surface area contributed by atoms with Crippen LogP contribution in [0.5, 0.6) is 0 Å². The van der Waals surface area contributed by atoms with Crippen molar-refractivity contribution in [1.29, 1.82) is 0 Å². The van der Waals surface area contributed by atoms with Crippen LogP contribution in [0.25, 0.3) is 5.78 Å². The minimum Gasteiger partial charge on any atom is -0.331 e. The van der Waals surface area contributed by atoms with Crippen molar-refractivity contribution in [3.63, 3.8) is 0 Å². The number of fused-ring (bicyclic) bond motifs is 1. The molecule has 2 heterocycles. The molecule has 0 radical (unpaired) electrons. The van der Waals surface area contributed by atoms with E-state index in [1.54, 1.807) is 16.8 Å². The standard InChI is InChI=1S/C15H20N4O/c1-10(2)11(3)19(12-5-6-12)14(20)13-9-18-8-4-7-16-15(18)17-13/h4,7-12H,5-6H2,1-3H3/t11-/m0/s1. The van der Waals surface area contributed by atoms with Crippen LogP contribution in [0.4, 0.5) is 0 Å². The fourth-order valence-electron chi connectivity index (χ4n) is 2.42. The number of carbonyl (C=O) groups excluding carboxylic acids is 1. The molecule has 0 spiro atoms. The van der Waals surface area contributed by atoms with Gasteiger partial charge in [-0.2, -0.15) is 0 Å². The highest BCUT2D eigenvalue weighted by Gasteiger charge is 2.37. The highest BCUT2D eigenvalue weighted by molar-refractivity contribution is 5.93. The summed E-state index contributed by atoms with van der Waals surface area (Å²) in [6.07, 6.45) is 7.53. The van der Waals surface area contributed by atoms with Crippen molar-refractivity contribution >= 4 is 11.7 Å². The smallest absolute Gasteiger partial charge is 0.274 e.